The lowest BCUT2D eigenvalue weighted by Gasteiger charge is -2.31. The maximum Gasteiger partial charge on any atom is 0.306 e. The molecule has 2 rings (SSSR count). The molecule has 3 heteroatoms. The normalized spacial score (nSPS) is 47.4. The van der Waals surface area contributed by atoms with Crippen LogP contribution in [0.2, 0.25) is 0 Å². The van der Waals surface area contributed by atoms with Crippen LogP contribution in [-0.2, 0) is 9.53 Å². The molecule has 1 heterocycles. The number of aliphatic carboxylic acids is 1. The van der Waals surface area contributed by atoms with Crippen molar-refractivity contribution in [2.75, 3.05) is 0 Å². The van der Waals surface area contributed by atoms with E-state index < -0.39 is 5.97 Å². The molecular weight excluding hydrogens is 180 g/mol. The molecule has 0 radical (unpaired) electrons. The molecule has 0 amide bonds. The van der Waals surface area contributed by atoms with Gasteiger partial charge in [-0.25, -0.2) is 0 Å². The lowest BCUT2D eigenvalue weighted by molar-refractivity contribution is -0.146. The van der Waals surface area contributed by atoms with Crippen molar-refractivity contribution >= 4 is 5.97 Å². The molecule has 0 spiro atoms. The summed E-state index contributed by atoms with van der Waals surface area (Å²) in [5.74, 6) is -0.171. The third-order valence-corrected chi connectivity index (χ3v) is 3.95. The predicted molar refractivity (Wildman–Crippen MR) is 52.0 cm³/mol. The maximum absolute atomic E-state index is 11.1. The van der Waals surface area contributed by atoms with Crippen molar-refractivity contribution in [1.82, 2.24) is 0 Å². The number of rotatable bonds is 1. The van der Waals surface area contributed by atoms with Gasteiger partial charge in [0, 0.05) is 5.92 Å². The van der Waals surface area contributed by atoms with Gasteiger partial charge in [-0.15, -0.1) is 0 Å². The predicted octanol–water partition coefficient (Wildman–Crippen LogP) is 1.91. The summed E-state index contributed by atoms with van der Waals surface area (Å²) in [6.45, 7) is 4.18. The largest absolute Gasteiger partial charge is 0.481 e. The van der Waals surface area contributed by atoms with Crippen molar-refractivity contribution in [3.63, 3.8) is 0 Å². The van der Waals surface area contributed by atoms with E-state index in [-0.39, 0.29) is 24.0 Å². The second-order valence-electron chi connectivity index (χ2n) is 4.69. The molecule has 0 aromatic heterocycles. The fraction of sp³-hybridized carbons (Fsp3) is 0.909. The first-order chi connectivity index (χ1) is 6.61. The molecule has 1 aliphatic heterocycles. The lowest BCUT2D eigenvalue weighted by Crippen LogP contribution is -2.36. The van der Waals surface area contributed by atoms with Gasteiger partial charge in [-0.1, -0.05) is 6.92 Å². The maximum atomic E-state index is 11.1. The third-order valence-electron chi connectivity index (χ3n) is 3.95. The molecule has 2 aliphatic rings. The minimum absolute atomic E-state index is 0.173. The molecule has 80 valence electrons. The molecule has 1 saturated carbocycles. The van der Waals surface area contributed by atoms with Crippen LogP contribution in [0.4, 0.5) is 0 Å². The van der Waals surface area contributed by atoms with Crippen LogP contribution in [0.3, 0.4) is 0 Å². The molecule has 5 atom stereocenters. The Morgan fingerprint density at radius 2 is 2.07 bits per heavy atom. The van der Waals surface area contributed by atoms with Gasteiger partial charge < -0.3 is 9.84 Å². The summed E-state index contributed by atoms with van der Waals surface area (Å²) >= 11 is 0. The Labute approximate surface area is 84.4 Å². The monoisotopic (exact) mass is 198 g/mol. The molecule has 3 nitrogen and oxygen atoms in total. The Morgan fingerprint density at radius 1 is 1.36 bits per heavy atom. The number of fused-ring (bicyclic) bond motifs is 1. The van der Waals surface area contributed by atoms with Crippen LogP contribution in [0, 0.1) is 17.8 Å². The Morgan fingerprint density at radius 3 is 2.71 bits per heavy atom. The van der Waals surface area contributed by atoms with Gasteiger partial charge in [0.25, 0.3) is 0 Å². The first-order valence-electron chi connectivity index (χ1n) is 5.49. The fourth-order valence-corrected chi connectivity index (χ4v) is 3.05. The van der Waals surface area contributed by atoms with Gasteiger partial charge in [0.1, 0.15) is 0 Å². The first kappa shape index (κ1) is 9.97. The average molecular weight is 198 g/mol. The van der Waals surface area contributed by atoms with E-state index in [1.807, 2.05) is 0 Å². The van der Waals surface area contributed by atoms with E-state index in [0.717, 1.165) is 19.3 Å². The molecule has 0 unspecified atom stereocenters. The molecule has 0 aromatic carbocycles. The SMILES string of the molecule is C[C@@H]1[C@@H]2[C@@H](C(=O)O)CCC[C@H]2O[C@H]1C. The Bertz CT molecular complexity index is 239. The van der Waals surface area contributed by atoms with Crippen molar-refractivity contribution in [3.05, 3.63) is 0 Å². The van der Waals surface area contributed by atoms with Crippen LogP contribution in [0.25, 0.3) is 0 Å². The summed E-state index contributed by atoms with van der Waals surface area (Å²) in [5, 5.41) is 9.13. The lowest BCUT2D eigenvalue weighted by atomic mass is 9.72. The second-order valence-corrected chi connectivity index (χ2v) is 4.69. The first-order valence-corrected chi connectivity index (χ1v) is 5.49. The van der Waals surface area contributed by atoms with Crippen LogP contribution in [-0.4, -0.2) is 23.3 Å². The van der Waals surface area contributed by atoms with E-state index in [1.165, 1.54) is 0 Å². The summed E-state index contributed by atoms with van der Waals surface area (Å²) in [7, 11) is 0. The zero-order valence-corrected chi connectivity index (χ0v) is 8.77. The molecule has 2 fully saturated rings. The fourth-order valence-electron chi connectivity index (χ4n) is 3.05. The van der Waals surface area contributed by atoms with Gasteiger partial charge in [-0.2, -0.15) is 0 Å². The number of ether oxygens (including phenoxy) is 1. The zero-order valence-electron chi connectivity index (χ0n) is 8.77. The smallest absolute Gasteiger partial charge is 0.306 e. The van der Waals surface area contributed by atoms with Crippen LogP contribution in [0.1, 0.15) is 33.1 Å². The van der Waals surface area contributed by atoms with E-state index in [4.69, 9.17) is 9.84 Å². The molecule has 0 bridgehead atoms. The zero-order chi connectivity index (χ0) is 10.3. The highest BCUT2D eigenvalue weighted by molar-refractivity contribution is 5.70. The molecular formula is C11H18O3. The van der Waals surface area contributed by atoms with Crippen molar-refractivity contribution in [2.45, 2.75) is 45.3 Å². The number of carboxylic acid groups (broad SMARTS) is 1. The summed E-state index contributed by atoms with van der Waals surface area (Å²) in [6, 6.07) is 0. The minimum atomic E-state index is -0.635. The van der Waals surface area contributed by atoms with E-state index in [0.29, 0.717) is 5.92 Å². The van der Waals surface area contributed by atoms with Crippen molar-refractivity contribution in [2.24, 2.45) is 17.8 Å². The molecule has 1 saturated heterocycles. The van der Waals surface area contributed by atoms with Gasteiger partial charge in [0.15, 0.2) is 0 Å². The molecule has 1 aliphatic carbocycles. The van der Waals surface area contributed by atoms with Crippen LogP contribution >= 0.6 is 0 Å². The average Bonchev–Trinajstić information content (AvgIpc) is 2.43. The summed E-state index contributed by atoms with van der Waals surface area (Å²) < 4.78 is 5.79. The quantitative estimate of drug-likeness (QED) is 0.700. The highest BCUT2D eigenvalue weighted by Gasteiger charge is 2.47. The van der Waals surface area contributed by atoms with Crippen LogP contribution in [0.15, 0.2) is 0 Å². The molecule has 0 aromatic rings. The minimum Gasteiger partial charge on any atom is -0.481 e. The van der Waals surface area contributed by atoms with Crippen LogP contribution in [0.5, 0.6) is 0 Å². The summed E-state index contributed by atoms with van der Waals surface area (Å²) in [5.41, 5.74) is 0. The van der Waals surface area contributed by atoms with Crippen molar-refractivity contribution in [3.8, 4) is 0 Å². The Kier molecular flexibility index (Phi) is 2.52. The molecule has 1 N–H and O–H groups in total. The Hall–Kier alpha value is -0.570. The van der Waals surface area contributed by atoms with Gasteiger partial charge in [-0.3, -0.25) is 4.79 Å². The second kappa shape index (κ2) is 3.54. The Balaban J connectivity index is 2.18. The van der Waals surface area contributed by atoms with Gasteiger partial charge in [0.05, 0.1) is 18.1 Å². The highest BCUT2D eigenvalue weighted by Crippen LogP contribution is 2.44. The standard InChI is InChI=1S/C11H18O3/c1-6-7(2)14-9-5-3-4-8(10(6)9)11(12)13/h6-10H,3-5H2,1-2H3,(H,12,13)/t6-,7-,8-,9+,10+/m0/s1. The van der Waals surface area contributed by atoms with E-state index >= 15 is 0 Å². The number of carbonyl (C=O) groups is 1. The van der Waals surface area contributed by atoms with Gasteiger partial charge in [-0.05, 0) is 32.1 Å². The third kappa shape index (κ3) is 1.44. The summed E-state index contributed by atoms with van der Waals surface area (Å²) in [6.07, 6.45) is 3.30. The number of hydrogen-bond donors (Lipinski definition) is 1. The van der Waals surface area contributed by atoms with Crippen LogP contribution < -0.4 is 0 Å². The summed E-state index contributed by atoms with van der Waals surface area (Å²) in [4.78, 5) is 11.1. The van der Waals surface area contributed by atoms with Crippen molar-refractivity contribution in [1.29, 1.82) is 0 Å². The van der Waals surface area contributed by atoms with Gasteiger partial charge in [0.2, 0.25) is 0 Å². The van der Waals surface area contributed by atoms with E-state index in [2.05, 4.69) is 13.8 Å². The number of hydrogen-bond acceptors (Lipinski definition) is 2. The topological polar surface area (TPSA) is 46.5 Å². The highest BCUT2D eigenvalue weighted by atomic mass is 16.5. The van der Waals surface area contributed by atoms with Crippen molar-refractivity contribution < 1.29 is 14.6 Å². The van der Waals surface area contributed by atoms with Gasteiger partial charge >= 0.3 is 5.97 Å². The number of carboxylic acids is 1. The molecule has 14 heavy (non-hydrogen) atoms. The van der Waals surface area contributed by atoms with E-state index in [1.54, 1.807) is 0 Å². The van der Waals surface area contributed by atoms with E-state index in [9.17, 15) is 4.79 Å².